The first-order valence-corrected chi connectivity index (χ1v) is 17.1. The molecule has 3 aliphatic rings. The lowest BCUT2D eigenvalue weighted by Gasteiger charge is -2.54. The lowest BCUT2D eigenvalue weighted by molar-refractivity contribution is -0.150. The average molecular weight is 674 g/mol. The molecule has 1 spiro atoms. The second-order valence-electron chi connectivity index (χ2n) is 14.6. The molecule has 258 valence electrons. The smallest absolute Gasteiger partial charge is 0.365 e. The number of rotatable bonds is 8. The van der Waals surface area contributed by atoms with E-state index in [4.69, 9.17) is 4.74 Å². The summed E-state index contributed by atoms with van der Waals surface area (Å²) in [5.74, 6) is 1.10. The van der Waals surface area contributed by atoms with Crippen LogP contribution in [0.5, 0.6) is 0 Å². The van der Waals surface area contributed by atoms with Crippen LogP contribution in [0.4, 0.5) is 19.0 Å². The fraction of sp³-hybridized carbons (Fsp3) is 0.514. The fourth-order valence-corrected chi connectivity index (χ4v) is 7.93. The predicted octanol–water partition coefficient (Wildman–Crippen LogP) is 5.86. The highest BCUT2D eigenvalue weighted by Crippen LogP contribution is 2.44. The molecule has 0 saturated carbocycles. The largest absolute Gasteiger partial charge is 0.393 e. The summed E-state index contributed by atoms with van der Waals surface area (Å²) in [4.78, 5) is 27.7. The van der Waals surface area contributed by atoms with Gasteiger partial charge in [0.05, 0.1) is 24.6 Å². The monoisotopic (exact) mass is 673 g/mol. The molecule has 2 aromatic carbocycles. The van der Waals surface area contributed by atoms with E-state index in [0.717, 1.165) is 56.5 Å². The van der Waals surface area contributed by atoms with Crippen molar-refractivity contribution < 1.29 is 22.7 Å². The van der Waals surface area contributed by atoms with Crippen molar-refractivity contribution in [3.05, 3.63) is 65.1 Å². The van der Waals surface area contributed by atoms with Crippen molar-refractivity contribution in [1.29, 1.82) is 5.26 Å². The number of hydrogen-bond donors (Lipinski definition) is 0. The van der Waals surface area contributed by atoms with Gasteiger partial charge in [-0.05, 0) is 79.7 Å². The van der Waals surface area contributed by atoms with Gasteiger partial charge in [-0.15, -0.1) is 0 Å². The van der Waals surface area contributed by atoms with Crippen molar-refractivity contribution >= 4 is 33.5 Å². The Bertz CT molecular complexity index is 1920. The molecular formula is C37H42F3N7O2. The van der Waals surface area contributed by atoms with Gasteiger partial charge in [0.25, 0.3) is 0 Å². The number of nitrogens with zero attached hydrogens (tertiary/aromatic N) is 7. The van der Waals surface area contributed by atoms with Crippen LogP contribution >= 0.6 is 0 Å². The van der Waals surface area contributed by atoms with Gasteiger partial charge in [-0.25, -0.2) is 9.97 Å². The lowest BCUT2D eigenvalue weighted by atomic mass is 9.72. The number of alkyl halides is 3. The van der Waals surface area contributed by atoms with Gasteiger partial charge in [0.2, 0.25) is 5.91 Å². The third kappa shape index (κ3) is 6.83. The number of amides is 1. The number of halogens is 3. The zero-order valence-electron chi connectivity index (χ0n) is 28.3. The first-order valence-electron chi connectivity index (χ1n) is 17.1. The minimum absolute atomic E-state index is 0.0161. The maximum atomic E-state index is 13.1. The van der Waals surface area contributed by atoms with Crippen LogP contribution in [-0.4, -0.2) is 88.4 Å². The van der Waals surface area contributed by atoms with Crippen molar-refractivity contribution in [2.24, 2.45) is 11.3 Å². The van der Waals surface area contributed by atoms with Crippen molar-refractivity contribution in [2.75, 3.05) is 50.8 Å². The van der Waals surface area contributed by atoms with Crippen molar-refractivity contribution in [3.63, 3.8) is 0 Å². The molecular weight excluding hydrogens is 631 g/mol. The molecule has 1 unspecified atom stereocenters. The molecule has 5 heterocycles. The van der Waals surface area contributed by atoms with Gasteiger partial charge >= 0.3 is 6.18 Å². The van der Waals surface area contributed by atoms with Gasteiger partial charge in [-0.3, -0.25) is 9.69 Å². The highest BCUT2D eigenvalue weighted by Gasteiger charge is 2.45. The number of morpholine rings is 1. The predicted molar refractivity (Wildman–Crippen MR) is 181 cm³/mol. The number of piperidine rings is 1. The summed E-state index contributed by atoms with van der Waals surface area (Å²) in [5, 5.41) is 11.8. The lowest BCUT2D eigenvalue weighted by Crippen LogP contribution is -2.60. The highest BCUT2D eigenvalue weighted by molar-refractivity contribution is 5.90. The van der Waals surface area contributed by atoms with Gasteiger partial charge in [0.15, 0.2) is 0 Å². The van der Waals surface area contributed by atoms with Crippen LogP contribution in [-0.2, 0) is 29.0 Å². The Kier molecular flexibility index (Phi) is 8.78. The molecule has 49 heavy (non-hydrogen) atoms. The van der Waals surface area contributed by atoms with Crippen LogP contribution in [0.25, 0.3) is 21.8 Å². The van der Waals surface area contributed by atoms with Gasteiger partial charge in [0, 0.05) is 54.4 Å². The van der Waals surface area contributed by atoms with Crippen molar-refractivity contribution in [3.8, 4) is 6.07 Å². The third-order valence-corrected chi connectivity index (χ3v) is 10.5. The number of benzene rings is 2. The Hall–Kier alpha value is -4.21. The highest BCUT2D eigenvalue weighted by atomic mass is 19.4. The maximum Gasteiger partial charge on any atom is 0.393 e. The SMILES string of the molecule is Cc1c(CN2CCC3(CC2)CN(c2ncnc4ccc(CC(F)(F)F)cc24)C3)ccc2c1cc(C#N)n2CC1CN(CC(C)C)C(=O)CO1. The molecule has 0 aliphatic carbocycles. The maximum absolute atomic E-state index is 13.1. The van der Waals surface area contributed by atoms with E-state index in [-0.39, 0.29) is 29.6 Å². The summed E-state index contributed by atoms with van der Waals surface area (Å²) in [6, 6.07) is 13.4. The van der Waals surface area contributed by atoms with E-state index in [2.05, 4.69) is 58.7 Å². The molecule has 0 bridgehead atoms. The molecule has 2 aromatic heterocycles. The van der Waals surface area contributed by atoms with Crippen LogP contribution in [0.1, 0.15) is 49.1 Å². The fourth-order valence-electron chi connectivity index (χ4n) is 7.93. The quantitative estimate of drug-likeness (QED) is 0.232. The number of fused-ring (bicyclic) bond motifs is 2. The molecule has 1 amide bonds. The number of aryl methyl sites for hydroxylation is 1. The number of likely N-dealkylation sites (tertiary alicyclic amines) is 1. The van der Waals surface area contributed by atoms with Gasteiger partial charge < -0.3 is 19.1 Å². The van der Waals surface area contributed by atoms with Gasteiger partial charge in [-0.1, -0.05) is 26.0 Å². The minimum atomic E-state index is -4.27. The van der Waals surface area contributed by atoms with E-state index < -0.39 is 12.6 Å². The molecule has 0 radical (unpaired) electrons. The Morgan fingerprint density at radius 3 is 2.57 bits per heavy atom. The number of aromatic nitrogens is 3. The summed E-state index contributed by atoms with van der Waals surface area (Å²) in [7, 11) is 0. The Morgan fingerprint density at radius 2 is 1.86 bits per heavy atom. The molecule has 12 heteroatoms. The van der Waals surface area contributed by atoms with Gasteiger partial charge in [0.1, 0.15) is 30.5 Å². The average Bonchev–Trinajstić information content (AvgIpc) is 3.40. The van der Waals surface area contributed by atoms with Crippen LogP contribution in [0.15, 0.2) is 42.7 Å². The molecule has 3 aliphatic heterocycles. The second kappa shape index (κ2) is 12.9. The van der Waals surface area contributed by atoms with Crippen molar-refractivity contribution in [2.45, 2.75) is 65.4 Å². The summed E-state index contributed by atoms with van der Waals surface area (Å²) in [6.45, 7) is 12.5. The number of nitriles is 1. The van der Waals surface area contributed by atoms with Crippen molar-refractivity contribution in [1.82, 2.24) is 24.3 Å². The van der Waals surface area contributed by atoms with E-state index in [9.17, 15) is 23.2 Å². The molecule has 7 rings (SSSR count). The topological polar surface area (TPSA) is 90.5 Å². The zero-order valence-corrected chi connectivity index (χ0v) is 28.3. The van der Waals surface area contributed by atoms with Crippen LogP contribution in [0, 0.1) is 29.6 Å². The third-order valence-electron chi connectivity index (χ3n) is 10.5. The molecule has 4 aromatic rings. The summed E-state index contributed by atoms with van der Waals surface area (Å²) in [6.07, 6.45) is -1.84. The number of carbonyl (C=O) groups is 1. The Morgan fingerprint density at radius 1 is 1.08 bits per heavy atom. The number of carbonyl (C=O) groups excluding carboxylic acids is 1. The summed E-state index contributed by atoms with van der Waals surface area (Å²) >= 11 is 0. The second-order valence-corrected chi connectivity index (χ2v) is 14.6. The van der Waals surface area contributed by atoms with Crippen LogP contribution < -0.4 is 4.90 Å². The number of anilines is 1. The molecule has 1 atom stereocenters. The number of hydrogen-bond acceptors (Lipinski definition) is 7. The summed E-state index contributed by atoms with van der Waals surface area (Å²) in [5.41, 5.74) is 5.05. The van der Waals surface area contributed by atoms with E-state index in [1.165, 1.54) is 23.5 Å². The molecule has 9 nitrogen and oxygen atoms in total. The van der Waals surface area contributed by atoms with Crippen LogP contribution in [0.2, 0.25) is 0 Å². The number of ether oxygens (including phenoxy) is 1. The van der Waals surface area contributed by atoms with E-state index in [0.29, 0.717) is 48.0 Å². The Balaban J connectivity index is 0.994. The Labute approximate surface area is 284 Å². The van der Waals surface area contributed by atoms with E-state index >= 15 is 0 Å². The first kappa shape index (κ1) is 33.3. The standard InChI is InChI=1S/C37H42F3N7O2/c1-24(2)16-45-18-29(49-20-34(45)48)19-47-28(15-41)13-30-25(3)27(5-7-33(30)47)17-44-10-8-36(9-11-44)21-46(22-36)35-31-12-26(14-37(38,39)40)4-6-32(31)42-23-43-35/h4-7,12-13,23-24,29H,8-11,14,16-22H2,1-3H3. The van der Waals surface area contributed by atoms with E-state index in [1.807, 2.05) is 15.5 Å². The zero-order chi connectivity index (χ0) is 34.5. The van der Waals surface area contributed by atoms with Crippen LogP contribution in [0.3, 0.4) is 0 Å². The van der Waals surface area contributed by atoms with Gasteiger partial charge in [-0.2, -0.15) is 18.4 Å². The summed E-state index contributed by atoms with van der Waals surface area (Å²) < 4.78 is 47.1. The van der Waals surface area contributed by atoms with E-state index in [1.54, 1.807) is 12.1 Å². The first-order chi connectivity index (χ1) is 23.4. The molecule has 0 N–H and O–H groups in total. The minimum Gasteiger partial charge on any atom is -0.365 e. The normalized spacial score (nSPS) is 20.0. The molecule has 3 saturated heterocycles. The molecule has 3 fully saturated rings.